The molecule has 1 amide bonds. The molecule has 0 aliphatic heterocycles. The minimum atomic E-state index is -4.01. The number of hydrogen-bond donors (Lipinski definition) is 3. The molecule has 1 atom stereocenters. The number of ether oxygens (including phenoxy) is 1. The molecule has 4 rings (SSSR count). The van der Waals surface area contributed by atoms with Crippen LogP contribution in [-0.2, 0) is 14.8 Å². The molecule has 0 saturated heterocycles. The number of furan rings is 1. The van der Waals surface area contributed by atoms with Crippen molar-refractivity contribution in [3.63, 3.8) is 0 Å². The zero-order valence-corrected chi connectivity index (χ0v) is 22.3. The lowest BCUT2D eigenvalue weighted by molar-refractivity contribution is -0.140. The molecule has 0 radical (unpaired) electrons. The third kappa shape index (κ3) is 5.67. The zero-order valence-electron chi connectivity index (χ0n) is 20.7. The summed E-state index contributed by atoms with van der Waals surface area (Å²) < 4.78 is 38.5. The topological polar surface area (TPSA) is 135 Å². The van der Waals surface area contributed by atoms with Gasteiger partial charge in [0.1, 0.15) is 17.4 Å². The van der Waals surface area contributed by atoms with Crippen molar-refractivity contribution in [1.82, 2.24) is 4.72 Å². The van der Waals surface area contributed by atoms with E-state index in [1.807, 2.05) is 0 Å². The SMILES string of the molecule is COc1c(Cl)ccc2oc(C(=O)Nc3ccc(-c4ccc(S(=O)(=O)N[C@H](C(=O)O)C(C)C)cc4)cc3)cc12. The number of nitrogens with one attached hydrogen (secondary N) is 2. The first-order valence-corrected chi connectivity index (χ1v) is 13.4. The highest BCUT2D eigenvalue weighted by Gasteiger charge is 2.28. The molecule has 11 heteroatoms. The summed E-state index contributed by atoms with van der Waals surface area (Å²) in [5, 5.41) is 13.1. The molecular weight excluding hydrogens is 532 g/mol. The van der Waals surface area contributed by atoms with Gasteiger partial charge in [0.25, 0.3) is 5.91 Å². The van der Waals surface area contributed by atoms with Crippen LogP contribution in [0, 0.1) is 5.92 Å². The van der Waals surface area contributed by atoms with Gasteiger partial charge in [-0.05, 0) is 53.4 Å². The maximum Gasteiger partial charge on any atom is 0.322 e. The van der Waals surface area contributed by atoms with Crippen molar-refractivity contribution in [3.8, 4) is 16.9 Å². The van der Waals surface area contributed by atoms with Crippen LogP contribution < -0.4 is 14.8 Å². The molecule has 0 bridgehead atoms. The van der Waals surface area contributed by atoms with Gasteiger partial charge in [-0.15, -0.1) is 0 Å². The second kappa shape index (κ2) is 10.9. The van der Waals surface area contributed by atoms with Crippen molar-refractivity contribution >= 4 is 50.2 Å². The predicted molar refractivity (Wildman–Crippen MR) is 144 cm³/mol. The van der Waals surface area contributed by atoms with Gasteiger partial charge in [0.15, 0.2) is 5.76 Å². The fraction of sp³-hybridized carbons (Fsp3) is 0.185. The highest BCUT2D eigenvalue weighted by molar-refractivity contribution is 7.89. The lowest BCUT2D eigenvalue weighted by Gasteiger charge is -2.18. The normalized spacial score (nSPS) is 12.4. The van der Waals surface area contributed by atoms with Gasteiger partial charge in [0.05, 0.1) is 22.4 Å². The number of anilines is 1. The Labute approximate surface area is 224 Å². The van der Waals surface area contributed by atoms with Gasteiger partial charge in [0.2, 0.25) is 10.0 Å². The monoisotopic (exact) mass is 556 g/mol. The van der Waals surface area contributed by atoms with Crippen LogP contribution in [0.1, 0.15) is 24.4 Å². The number of methoxy groups -OCH3 is 1. The number of sulfonamides is 1. The molecule has 0 aliphatic rings. The van der Waals surface area contributed by atoms with Gasteiger partial charge in [-0.1, -0.05) is 49.7 Å². The number of hydrogen-bond acceptors (Lipinski definition) is 6. The highest BCUT2D eigenvalue weighted by Crippen LogP contribution is 2.35. The van der Waals surface area contributed by atoms with Crippen molar-refractivity contribution in [1.29, 1.82) is 0 Å². The minimum Gasteiger partial charge on any atom is -0.494 e. The quantitative estimate of drug-likeness (QED) is 0.251. The number of halogens is 1. The maximum absolute atomic E-state index is 12.7. The van der Waals surface area contributed by atoms with E-state index in [0.29, 0.717) is 27.4 Å². The van der Waals surface area contributed by atoms with Gasteiger partial charge >= 0.3 is 5.97 Å². The molecule has 9 nitrogen and oxygen atoms in total. The Balaban J connectivity index is 1.47. The Hall–Kier alpha value is -3.86. The average molecular weight is 557 g/mol. The zero-order chi connectivity index (χ0) is 27.6. The van der Waals surface area contributed by atoms with E-state index < -0.39 is 33.9 Å². The summed E-state index contributed by atoms with van der Waals surface area (Å²) >= 11 is 6.14. The molecule has 4 aromatic rings. The highest BCUT2D eigenvalue weighted by atomic mass is 35.5. The van der Waals surface area contributed by atoms with E-state index >= 15 is 0 Å². The van der Waals surface area contributed by atoms with Crippen molar-refractivity contribution in [2.75, 3.05) is 12.4 Å². The Bertz CT molecular complexity index is 1600. The lowest BCUT2D eigenvalue weighted by atomic mass is 10.1. The van der Waals surface area contributed by atoms with Crippen LogP contribution in [0.4, 0.5) is 5.69 Å². The Kier molecular flexibility index (Phi) is 7.77. The van der Waals surface area contributed by atoms with E-state index in [4.69, 9.17) is 20.8 Å². The van der Waals surface area contributed by atoms with E-state index in [1.165, 1.54) is 19.2 Å². The van der Waals surface area contributed by atoms with E-state index in [1.54, 1.807) is 68.4 Å². The van der Waals surface area contributed by atoms with Crippen LogP contribution >= 0.6 is 11.6 Å². The van der Waals surface area contributed by atoms with Gasteiger partial charge in [-0.3, -0.25) is 9.59 Å². The molecule has 0 aliphatic carbocycles. The number of carbonyl (C=O) groups is 2. The molecule has 0 unspecified atom stereocenters. The Morgan fingerprint density at radius 3 is 2.13 bits per heavy atom. The van der Waals surface area contributed by atoms with Crippen molar-refractivity contribution in [3.05, 3.63) is 77.5 Å². The summed E-state index contributed by atoms with van der Waals surface area (Å²) in [6, 6.07) is 16.7. The second-order valence-corrected chi connectivity index (χ2v) is 11.0. The third-order valence-electron chi connectivity index (χ3n) is 5.89. The number of carbonyl (C=O) groups excluding carboxylic acids is 1. The molecule has 3 N–H and O–H groups in total. The summed E-state index contributed by atoms with van der Waals surface area (Å²) in [6.45, 7) is 3.25. The summed E-state index contributed by atoms with van der Waals surface area (Å²) in [7, 11) is -2.53. The fourth-order valence-corrected chi connectivity index (χ4v) is 5.43. The number of carboxylic acid groups (broad SMARTS) is 1. The number of amides is 1. The van der Waals surface area contributed by atoms with Crippen LogP contribution in [0.15, 0.2) is 76.0 Å². The van der Waals surface area contributed by atoms with E-state index in [9.17, 15) is 23.1 Å². The smallest absolute Gasteiger partial charge is 0.322 e. The van der Waals surface area contributed by atoms with Gasteiger partial charge in [-0.2, -0.15) is 4.72 Å². The first-order chi connectivity index (χ1) is 18.0. The van der Waals surface area contributed by atoms with Crippen molar-refractivity contribution < 1.29 is 32.3 Å². The van der Waals surface area contributed by atoms with Crippen molar-refractivity contribution in [2.24, 2.45) is 5.92 Å². The van der Waals surface area contributed by atoms with Crippen molar-refractivity contribution in [2.45, 2.75) is 24.8 Å². The molecule has 0 saturated carbocycles. The number of rotatable bonds is 9. The fourth-order valence-electron chi connectivity index (χ4n) is 3.85. The standard InChI is InChI=1S/C27H25ClN2O7S/c1-15(2)24(27(32)33)30-38(34,35)19-10-6-17(7-11-19)16-4-8-18(9-5-16)29-26(31)23-14-20-22(37-23)13-12-21(28)25(20)36-3/h4-15,24,30H,1-3H3,(H,29,31)(H,32,33)/t24-/m0/s1. The second-order valence-electron chi connectivity index (χ2n) is 8.84. The molecule has 0 fully saturated rings. The van der Waals surface area contributed by atoms with Crippen LogP contribution in [0.2, 0.25) is 5.02 Å². The molecule has 3 aromatic carbocycles. The third-order valence-corrected chi connectivity index (χ3v) is 7.64. The average Bonchev–Trinajstić information content (AvgIpc) is 3.32. The number of carboxylic acids is 1. The largest absolute Gasteiger partial charge is 0.494 e. The summed E-state index contributed by atoms with van der Waals surface area (Å²) in [5.41, 5.74) is 2.52. The number of aliphatic carboxylic acids is 1. The summed E-state index contributed by atoms with van der Waals surface area (Å²) in [5.74, 6) is -1.59. The minimum absolute atomic E-state index is 0.0409. The molecule has 38 heavy (non-hydrogen) atoms. The Morgan fingerprint density at radius 2 is 1.58 bits per heavy atom. The van der Waals surface area contributed by atoms with Gasteiger partial charge < -0.3 is 19.6 Å². The summed E-state index contributed by atoms with van der Waals surface area (Å²) in [4.78, 5) is 24.1. The van der Waals surface area contributed by atoms with E-state index in [-0.39, 0.29) is 10.7 Å². The van der Waals surface area contributed by atoms with E-state index in [2.05, 4.69) is 10.0 Å². The van der Waals surface area contributed by atoms with Crippen LogP contribution in [0.3, 0.4) is 0 Å². The Morgan fingerprint density at radius 1 is 0.974 bits per heavy atom. The molecule has 1 aromatic heterocycles. The molecule has 0 spiro atoms. The molecule has 1 heterocycles. The lowest BCUT2D eigenvalue weighted by Crippen LogP contribution is -2.44. The predicted octanol–water partition coefficient (Wildman–Crippen LogP) is 5.40. The number of benzene rings is 3. The van der Waals surface area contributed by atoms with Crippen LogP contribution in [-0.4, -0.2) is 38.6 Å². The van der Waals surface area contributed by atoms with Gasteiger partial charge in [-0.25, -0.2) is 8.42 Å². The first kappa shape index (κ1) is 27.2. The van der Waals surface area contributed by atoms with Crippen LogP contribution in [0.25, 0.3) is 22.1 Å². The summed E-state index contributed by atoms with van der Waals surface area (Å²) in [6.07, 6.45) is 0. The molecular formula is C27H25ClN2O7S. The van der Waals surface area contributed by atoms with E-state index in [0.717, 1.165) is 11.1 Å². The molecule has 198 valence electrons. The van der Waals surface area contributed by atoms with Crippen LogP contribution in [0.5, 0.6) is 5.75 Å². The number of fused-ring (bicyclic) bond motifs is 1. The maximum atomic E-state index is 12.7. The van der Waals surface area contributed by atoms with Gasteiger partial charge in [0, 0.05) is 11.8 Å². The first-order valence-electron chi connectivity index (χ1n) is 11.5.